The topological polar surface area (TPSA) is 53.9 Å². The third-order valence-electron chi connectivity index (χ3n) is 4.70. The molecule has 2 aromatic heterocycles. The first-order chi connectivity index (χ1) is 12.8. The number of nitrogens with zero attached hydrogens (tertiary/aromatic N) is 3. The van der Waals surface area contributed by atoms with Crippen LogP contribution in [0, 0.1) is 0 Å². The summed E-state index contributed by atoms with van der Waals surface area (Å²) in [5.74, 6) is 0. The van der Waals surface area contributed by atoms with E-state index < -0.39 is 17.9 Å². The van der Waals surface area contributed by atoms with E-state index in [1.165, 1.54) is 16.8 Å². The molecule has 0 radical (unpaired) electrons. The van der Waals surface area contributed by atoms with Gasteiger partial charge in [0.2, 0.25) is 0 Å². The first-order valence-corrected chi connectivity index (χ1v) is 8.44. The normalized spacial score (nSPS) is 16.0. The molecule has 0 amide bonds. The second-order valence-corrected chi connectivity index (χ2v) is 6.61. The molecule has 3 heterocycles. The summed E-state index contributed by atoms with van der Waals surface area (Å²) in [5.41, 5.74) is 0.618. The zero-order valence-corrected chi connectivity index (χ0v) is 14.1. The third-order valence-corrected chi connectivity index (χ3v) is 4.70. The second-order valence-electron chi connectivity index (χ2n) is 6.61. The second kappa shape index (κ2) is 6.49. The molecule has 0 spiro atoms. The Morgan fingerprint density at radius 1 is 1.15 bits per heavy atom. The van der Waals surface area contributed by atoms with Crippen molar-refractivity contribution in [1.29, 1.82) is 0 Å². The Balaban J connectivity index is 1.67. The number of imidazole rings is 1. The molecule has 1 aliphatic heterocycles. The molecule has 1 aliphatic rings. The van der Waals surface area contributed by atoms with E-state index in [4.69, 9.17) is 0 Å². The molecule has 3 aromatic rings. The van der Waals surface area contributed by atoms with Gasteiger partial charge in [-0.05, 0) is 23.8 Å². The zero-order chi connectivity index (χ0) is 19.2. The standard InChI is InChI=1S/C18H16F4N4O/c19-14-9-25(10-14)4-5-26-15-7-12(8-23-16(15)24-17(26)27)11-2-1-3-13(6-11)18(20,21)22/h1-3,6-8,14H,4-5,9-10H2,(H,23,24,27). The summed E-state index contributed by atoms with van der Waals surface area (Å²) >= 11 is 0. The number of alkyl halides is 4. The molecule has 9 heteroatoms. The molecule has 1 saturated heterocycles. The van der Waals surface area contributed by atoms with E-state index in [1.54, 1.807) is 12.1 Å². The van der Waals surface area contributed by atoms with Crippen LogP contribution in [0.1, 0.15) is 5.56 Å². The van der Waals surface area contributed by atoms with Crippen LogP contribution in [0.25, 0.3) is 22.3 Å². The first kappa shape index (κ1) is 17.7. The average molecular weight is 380 g/mol. The summed E-state index contributed by atoms with van der Waals surface area (Å²) in [4.78, 5) is 20.9. The van der Waals surface area contributed by atoms with Gasteiger partial charge in [0.1, 0.15) is 6.17 Å². The highest BCUT2D eigenvalue weighted by atomic mass is 19.4. The van der Waals surface area contributed by atoms with Gasteiger partial charge in [0.15, 0.2) is 5.65 Å². The highest BCUT2D eigenvalue weighted by Gasteiger charge is 2.30. The number of likely N-dealkylation sites (tertiary alicyclic amines) is 1. The van der Waals surface area contributed by atoms with Crippen LogP contribution >= 0.6 is 0 Å². The summed E-state index contributed by atoms with van der Waals surface area (Å²) in [6.45, 7) is 1.57. The molecule has 1 fully saturated rings. The number of aromatic nitrogens is 3. The van der Waals surface area contributed by atoms with Crippen molar-refractivity contribution in [2.75, 3.05) is 19.6 Å². The maximum atomic E-state index is 12.9. The molecule has 1 aromatic carbocycles. The Hall–Kier alpha value is -2.68. The maximum absolute atomic E-state index is 12.9. The number of pyridine rings is 1. The number of benzene rings is 1. The lowest BCUT2D eigenvalue weighted by molar-refractivity contribution is -0.137. The summed E-state index contributed by atoms with van der Waals surface area (Å²) < 4.78 is 53.2. The van der Waals surface area contributed by atoms with Gasteiger partial charge in [-0.15, -0.1) is 0 Å². The molecule has 0 aliphatic carbocycles. The van der Waals surface area contributed by atoms with Crippen molar-refractivity contribution in [3.63, 3.8) is 0 Å². The van der Waals surface area contributed by atoms with E-state index in [2.05, 4.69) is 9.97 Å². The van der Waals surface area contributed by atoms with Crippen molar-refractivity contribution >= 4 is 11.2 Å². The summed E-state index contributed by atoms with van der Waals surface area (Å²) in [6.07, 6.45) is -3.82. The van der Waals surface area contributed by atoms with E-state index in [1.807, 2.05) is 4.90 Å². The van der Waals surface area contributed by atoms with Crippen molar-refractivity contribution in [2.45, 2.75) is 18.9 Å². The molecule has 5 nitrogen and oxygen atoms in total. The number of hydrogen-bond donors (Lipinski definition) is 1. The van der Waals surface area contributed by atoms with Gasteiger partial charge in [-0.3, -0.25) is 14.5 Å². The zero-order valence-electron chi connectivity index (χ0n) is 14.1. The van der Waals surface area contributed by atoms with Gasteiger partial charge in [0, 0.05) is 37.9 Å². The van der Waals surface area contributed by atoms with Crippen molar-refractivity contribution in [3.05, 3.63) is 52.6 Å². The number of fused-ring (bicyclic) bond motifs is 1. The smallest absolute Gasteiger partial charge is 0.296 e. The maximum Gasteiger partial charge on any atom is 0.416 e. The van der Waals surface area contributed by atoms with Crippen LogP contribution in [0.5, 0.6) is 0 Å². The van der Waals surface area contributed by atoms with Crippen LogP contribution in [0.15, 0.2) is 41.3 Å². The van der Waals surface area contributed by atoms with Crippen LogP contribution in [0.2, 0.25) is 0 Å². The van der Waals surface area contributed by atoms with Crippen LogP contribution in [0.3, 0.4) is 0 Å². The van der Waals surface area contributed by atoms with E-state index in [0.717, 1.165) is 12.1 Å². The fourth-order valence-corrected chi connectivity index (χ4v) is 3.22. The van der Waals surface area contributed by atoms with Gasteiger partial charge in [-0.1, -0.05) is 12.1 Å². The summed E-state index contributed by atoms with van der Waals surface area (Å²) in [5, 5.41) is 0. The van der Waals surface area contributed by atoms with Crippen molar-refractivity contribution in [2.24, 2.45) is 0 Å². The molecule has 4 rings (SSSR count). The van der Waals surface area contributed by atoms with Gasteiger partial charge in [-0.2, -0.15) is 13.2 Å². The van der Waals surface area contributed by atoms with Crippen molar-refractivity contribution < 1.29 is 17.6 Å². The van der Waals surface area contributed by atoms with Gasteiger partial charge in [0.05, 0.1) is 11.1 Å². The van der Waals surface area contributed by atoms with Crippen molar-refractivity contribution in [3.8, 4) is 11.1 Å². The molecule has 0 atom stereocenters. The van der Waals surface area contributed by atoms with Gasteiger partial charge in [-0.25, -0.2) is 14.2 Å². The van der Waals surface area contributed by atoms with Gasteiger partial charge >= 0.3 is 11.9 Å². The molecule has 0 bridgehead atoms. The van der Waals surface area contributed by atoms with Crippen molar-refractivity contribution in [1.82, 2.24) is 19.4 Å². The fourth-order valence-electron chi connectivity index (χ4n) is 3.22. The van der Waals surface area contributed by atoms with Crippen LogP contribution in [-0.2, 0) is 12.7 Å². The minimum Gasteiger partial charge on any atom is -0.296 e. The lowest BCUT2D eigenvalue weighted by Crippen LogP contribution is -2.49. The molecule has 0 saturated carbocycles. The van der Waals surface area contributed by atoms with Gasteiger partial charge < -0.3 is 0 Å². The molecule has 27 heavy (non-hydrogen) atoms. The highest BCUT2D eigenvalue weighted by Crippen LogP contribution is 2.32. The lowest BCUT2D eigenvalue weighted by Gasteiger charge is -2.34. The predicted molar refractivity (Wildman–Crippen MR) is 92.1 cm³/mol. The largest absolute Gasteiger partial charge is 0.416 e. The molecular formula is C18H16F4N4O. The number of hydrogen-bond acceptors (Lipinski definition) is 3. The van der Waals surface area contributed by atoms with E-state index in [0.29, 0.717) is 48.5 Å². The number of H-pyrrole nitrogens is 1. The predicted octanol–water partition coefficient (Wildman–Crippen LogP) is 3.06. The Labute approximate surface area is 151 Å². The number of rotatable bonds is 4. The fraction of sp³-hybridized carbons (Fsp3) is 0.333. The Bertz CT molecular complexity index is 1030. The molecule has 0 unspecified atom stereocenters. The average Bonchev–Trinajstić information content (AvgIpc) is 2.91. The molecular weight excluding hydrogens is 364 g/mol. The minimum atomic E-state index is -4.44. The third kappa shape index (κ3) is 3.46. The first-order valence-electron chi connectivity index (χ1n) is 8.44. The number of nitrogens with one attached hydrogen (secondary N) is 1. The minimum absolute atomic E-state index is 0.347. The number of aromatic amines is 1. The molecule has 1 N–H and O–H groups in total. The monoisotopic (exact) mass is 380 g/mol. The highest BCUT2D eigenvalue weighted by molar-refractivity contribution is 5.78. The van der Waals surface area contributed by atoms with E-state index >= 15 is 0 Å². The van der Waals surface area contributed by atoms with E-state index in [-0.39, 0.29) is 5.69 Å². The Morgan fingerprint density at radius 3 is 2.63 bits per heavy atom. The Kier molecular flexibility index (Phi) is 4.26. The van der Waals surface area contributed by atoms with Crippen LogP contribution < -0.4 is 5.69 Å². The SMILES string of the molecule is O=c1[nH]c2ncc(-c3cccc(C(F)(F)F)c3)cc2n1CCN1CC(F)C1. The van der Waals surface area contributed by atoms with E-state index in [9.17, 15) is 22.4 Å². The van der Waals surface area contributed by atoms with Crippen LogP contribution in [-0.4, -0.2) is 45.2 Å². The molecule has 142 valence electrons. The number of halogens is 4. The van der Waals surface area contributed by atoms with Crippen LogP contribution in [0.4, 0.5) is 17.6 Å². The summed E-state index contributed by atoms with van der Waals surface area (Å²) in [7, 11) is 0. The quantitative estimate of drug-likeness (QED) is 0.708. The summed E-state index contributed by atoms with van der Waals surface area (Å²) in [6, 6.07) is 6.61. The lowest BCUT2D eigenvalue weighted by atomic mass is 10.0. The Morgan fingerprint density at radius 2 is 1.93 bits per heavy atom. The van der Waals surface area contributed by atoms with Gasteiger partial charge in [0.25, 0.3) is 0 Å².